The van der Waals surface area contributed by atoms with Crippen LogP contribution < -0.4 is 5.32 Å². The number of aromatic nitrogens is 2. The lowest BCUT2D eigenvalue weighted by Crippen LogP contribution is -2.08. The van der Waals surface area contributed by atoms with E-state index in [2.05, 4.69) is 51.1 Å². The molecule has 1 N–H and O–H groups in total. The highest BCUT2D eigenvalue weighted by molar-refractivity contribution is 7.07. The normalized spacial score (nSPS) is 11.2. The maximum Gasteiger partial charge on any atom is 0.0841 e. The number of hydrogen-bond donors (Lipinski definition) is 1. The lowest BCUT2D eigenvalue weighted by molar-refractivity contribution is 0.618. The fourth-order valence-corrected chi connectivity index (χ4v) is 3.04. The Morgan fingerprint density at radius 2 is 2.16 bits per heavy atom. The molecule has 3 aromatic rings. The van der Waals surface area contributed by atoms with Crippen LogP contribution in [0.4, 0.5) is 0 Å². The Hall–Kier alpha value is -1.65. The Morgan fingerprint density at radius 1 is 1.26 bits per heavy atom. The van der Waals surface area contributed by atoms with Crippen LogP contribution in [0.25, 0.3) is 10.9 Å². The van der Waals surface area contributed by atoms with E-state index >= 15 is 0 Å². The van der Waals surface area contributed by atoms with Gasteiger partial charge in [0.2, 0.25) is 0 Å². The van der Waals surface area contributed by atoms with Gasteiger partial charge in [-0.25, -0.2) is 0 Å². The van der Waals surface area contributed by atoms with Gasteiger partial charge in [-0.3, -0.25) is 4.68 Å². The van der Waals surface area contributed by atoms with Crippen LogP contribution >= 0.6 is 11.3 Å². The van der Waals surface area contributed by atoms with E-state index in [4.69, 9.17) is 5.10 Å². The quantitative estimate of drug-likeness (QED) is 0.773. The summed E-state index contributed by atoms with van der Waals surface area (Å²) < 4.78 is 2.12. The van der Waals surface area contributed by atoms with Gasteiger partial charge in [0.05, 0.1) is 11.2 Å². The summed E-state index contributed by atoms with van der Waals surface area (Å²) in [5.41, 5.74) is 3.74. The van der Waals surface area contributed by atoms with E-state index in [1.807, 2.05) is 7.05 Å². The van der Waals surface area contributed by atoms with Crippen molar-refractivity contribution in [3.63, 3.8) is 0 Å². The molecule has 0 aliphatic carbocycles. The number of nitrogens with one attached hydrogen (secondary N) is 1. The van der Waals surface area contributed by atoms with E-state index in [-0.39, 0.29) is 0 Å². The van der Waals surface area contributed by atoms with Crippen LogP contribution in [0.15, 0.2) is 41.1 Å². The first-order chi connectivity index (χ1) is 9.38. The number of aryl methyl sites for hydroxylation is 2. The molecule has 3 nitrogen and oxygen atoms in total. The summed E-state index contributed by atoms with van der Waals surface area (Å²) in [7, 11) is 1.96. The maximum atomic E-state index is 4.74. The predicted octanol–water partition coefficient (Wildman–Crippen LogP) is 3.06. The third-order valence-electron chi connectivity index (χ3n) is 3.27. The molecule has 98 valence electrons. The number of benzene rings is 1. The van der Waals surface area contributed by atoms with E-state index in [1.54, 1.807) is 11.3 Å². The van der Waals surface area contributed by atoms with Gasteiger partial charge >= 0.3 is 0 Å². The van der Waals surface area contributed by atoms with E-state index < -0.39 is 0 Å². The molecule has 2 aromatic heterocycles. The lowest BCUT2D eigenvalue weighted by Gasteiger charge is -2.02. The Labute approximate surface area is 116 Å². The summed E-state index contributed by atoms with van der Waals surface area (Å²) in [5, 5.41) is 13.5. The van der Waals surface area contributed by atoms with Gasteiger partial charge < -0.3 is 5.32 Å². The van der Waals surface area contributed by atoms with Crippen LogP contribution in [0.5, 0.6) is 0 Å². The second-order valence-corrected chi connectivity index (χ2v) is 5.38. The highest BCUT2D eigenvalue weighted by Crippen LogP contribution is 2.19. The minimum Gasteiger partial charge on any atom is -0.314 e. The van der Waals surface area contributed by atoms with Crippen molar-refractivity contribution in [1.82, 2.24) is 15.1 Å². The van der Waals surface area contributed by atoms with Crippen molar-refractivity contribution in [1.29, 1.82) is 0 Å². The largest absolute Gasteiger partial charge is 0.314 e. The third-order valence-corrected chi connectivity index (χ3v) is 4.00. The zero-order chi connectivity index (χ0) is 13.1. The molecule has 0 aliphatic rings. The number of fused-ring (bicyclic) bond motifs is 1. The number of rotatable bonds is 5. The van der Waals surface area contributed by atoms with Crippen molar-refractivity contribution in [2.75, 3.05) is 7.05 Å². The number of nitrogens with zero attached hydrogens (tertiary/aromatic N) is 2. The summed E-state index contributed by atoms with van der Waals surface area (Å²) >= 11 is 1.75. The summed E-state index contributed by atoms with van der Waals surface area (Å²) in [5.74, 6) is 0. The second kappa shape index (κ2) is 5.55. The van der Waals surface area contributed by atoms with Crippen molar-refractivity contribution < 1.29 is 0 Å². The Balaban J connectivity index is 1.90. The minimum atomic E-state index is 0.811. The molecule has 0 saturated carbocycles. The maximum absolute atomic E-state index is 4.74. The molecule has 19 heavy (non-hydrogen) atoms. The molecule has 0 bridgehead atoms. The van der Waals surface area contributed by atoms with Gasteiger partial charge in [0.1, 0.15) is 0 Å². The summed E-state index contributed by atoms with van der Waals surface area (Å²) in [6, 6.07) is 10.6. The average Bonchev–Trinajstić information content (AvgIpc) is 3.06. The molecular formula is C15H17N3S. The topological polar surface area (TPSA) is 29.9 Å². The zero-order valence-electron chi connectivity index (χ0n) is 11.0. The first-order valence-electron chi connectivity index (χ1n) is 6.48. The third kappa shape index (κ3) is 2.55. The van der Waals surface area contributed by atoms with Gasteiger partial charge in [0.25, 0.3) is 0 Å². The first kappa shape index (κ1) is 12.4. The van der Waals surface area contributed by atoms with Gasteiger partial charge in [-0.1, -0.05) is 18.2 Å². The van der Waals surface area contributed by atoms with Crippen molar-refractivity contribution in [2.24, 2.45) is 0 Å². The molecule has 3 rings (SSSR count). The number of para-hydroxylation sites is 1. The summed E-state index contributed by atoms with van der Waals surface area (Å²) in [6.45, 7) is 1.74. The van der Waals surface area contributed by atoms with Gasteiger partial charge in [-0.05, 0) is 41.9 Å². The van der Waals surface area contributed by atoms with Crippen molar-refractivity contribution in [3.8, 4) is 0 Å². The smallest absolute Gasteiger partial charge is 0.0841 e. The van der Waals surface area contributed by atoms with Crippen LogP contribution in [0.1, 0.15) is 11.3 Å². The molecule has 0 aliphatic heterocycles. The van der Waals surface area contributed by atoms with Crippen LogP contribution in [0.3, 0.4) is 0 Å². The van der Waals surface area contributed by atoms with Crippen LogP contribution in [0.2, 0.25) is 0 Å². The molecule has 0 spiro atoms. The van der Waals surface area contributed by atoms with Gasteiger partial charge in [-0.15, -0.1) is 0 Å². The zero-order valence-corrected chi connectivity index (χ0v) is 11.8. The van der Waals surface area contributed by atoms with E-state index in [0.29, 0.717) is 0 Å². The van der Waals surface area contributed by atoms with Crippen molar-refractivity contribution in [2.45, 2.75) is 19.5 Å². The van der Waals surface area contributed by atoms with Crippen molar-refractivity contribution >= 4 is 22.2 Å². The van der Waals surface area contributed by atoms with Gasteiger partial charge in [-0.2, -0.15) is 16.4 Å². The molecule has 4 heteroatoms. The second-order valence-electron chi connectivity index (χ2n) is 4.60. The Morgan fingerprint density at radius 3 is 2.95 bits per heavy atom. The fourth-order valence-electron chi connectivity index (χ4n) is 2.33. The molecule has 1 aromatic carbocycles. The predicted molar refractivity (Wildman–Crippen MR) is 80.5 cm³/mol. The Kier molecular flexibility index (Phi) is 3.62. The molecule has 0 unspecified atom stereocenters. The fraction of sp³-hybridized carbons (Fsp3) is 0.267. The number of hydrogen-bond acceptors (Lipinski definition) is 3. The standard InChI is InChI=1S/C15H17N3S/c1-16-10-14-13-4-2-3-5-15(13)18(17-14)8-6-12-7-9-19-11-12/h2-5,7,9,11,16H,6,8,10H2,1H3. The monoisotopic (exact) mass is 271 g/mol. The molecule has 0 amide bonds. The molecular weight excluding hydrogens is 254 g/mol. The SMILES string of the molecule is CNCc1nn(CCc2ccsc2)c2ccccc12. The van der Waals surface area contributed by atoms with Gasteiger partial charge in [0.15, 0.2) is 0 Å². The lowest BCUT2D eigenvalue weighted by atomic mass is 10.2. The van der Waals surface area contributed by atoms with Crippen LogP contribution in [-0.2, 0) is 19.5 Å². The summed E-state index contributed by atoms with van der Waals surface area (Å²) in [6.07, 6.45) is 1.04. The molecule has 0 atom stereocenters. The highest BCUT2D eigenvalue weighted by Gasteiger charge is 2.09. The molecule has 0 fully saturated rings. The highest BCUT2D eigenvalue weighted by atomic mass is 32.1. The van der Waals surface area contributed by atoms with E-state index in [1.165, 1.54) is 16.5 Å². The van der Waals surface area contributed by atoms with Crippen LogP contribution in [-0.4, -0.2) is 16.8 Å². The Bertz CT molecular complexity index is 655. The van der Waals surface area contributed by atoms with Gasteiger partial charge in [0, 0.05) is 18.5 Å². The minimum absolute atomic E-state index is 0.811. The van der Waals surface area contributed by atoms with E-state index in [9.17, 15) is 0 Å². The average molecular weight is 271 g/mol. The molecule has 2 heterocycles. The molecule has 0 radical (unpaired) electrons. The first-order valence-corrected chi connectivity index (χ1v) is 7.43. The van der Waals surface area contributed by atoms with Crippen LogP contribution in [0, 0.1) is 0 Å². The van der Waals surface area contributed by atoms with E-state index in [0.717, 1.165) is 25.2 Å². The number of thiophene rings is 1. The van der Waals surface area contributed by atoms with Crippen molar-refractivity contribution in [3.05, 3.63) is 52.3 Å². The molecule has 0 saturated heterocycles. The summed E-state index contributed by atoms with van der Waals surface area (Å²) in [4.78, 5) is 0.